The summed E-state index contributed by atoms with van der Waals surface area (Å²) in [5.74, 6) is -0.423. The number of hydrogen-bond acceptors (Lipinski definition) is 4. The number of nitrogens with one attached hydrogen (secondary N) is 2. The number of hydrogen-bond donors (Lipinski definition) is 3. The molecule has 3 aromatic carbocycles. The highest BCUT2D eigenvalue weighted by molar-refractivity contribution is 7.89. The number of benzene rings is 3. The third kappa shape index (κ3) is 7.61. The molecular weight excluding hydrogens is 631 g/mol. The van der Waals surface area contributed by atoms with Crippen molar-refractivity contribution in [1.29, 1.82) is 0 Å². The fraction of sp³-hybridized carbons (Fsp3) is 0.371. The topological polar surface area (TPSA) is 113 Å². The van der Waals surface area contributed by atoms with Gasteiger partial charge < -0.3 is 10.4 Å². The maximum Gasteiger partial charge on any atom is 0.514 e. The van der Waals surface area contributed by atoms with E-state index in [0.29, 0.717) is 31.1 Å². The van der Waals surface area contributed by atoms with Crippen LogP contribution >= 0.6 is 0 Å². The van der Waals surface area contributed by atoms with Crippen LogP contribution in [0.1, 0.15) is 78.9 Å². The average molecular weight is 671 g/mol. The zero-order valence-corrected chi connectivity index (χ0v) is 26.9. The van der Waals surface area contributed by atoms with Gasteiger partial charge in [0.1, 0.15) is 6.54 Å². The van der Waals surface area contributed by atoms with Crippen molar-refractivity contribution in [2.24, 2.45) is 0 Å². The number of carbonyl (C=O) groups is 2. The summed E-state index contributed by atoms with van der Waals surface area (Å²) < 4.78 is 68.8. The quantitative estimate of drug-likeness (QED) is 0.201. The van der Waals surface area contributed by atoms with Gasteiger partial charge in [-0.3, -0.25) is 4.79 Å². The van der Waals surface area contributed by atoms with Gasteiger partial charge in [0, 0.05) is 24.8 Å². The first-order chi connectivity index (χ1) is 22.2. The number of fused-ring (bicyclic) bond motifs is 1. The molecule has 1 aliphatic heterocycles. The molecule has 1 saturated heterocycles. The number of carbonyl (C=O) groups excluding carboxylic acids is 1. The minimum Gasteiger partial charge on any atom is -0.435 e. The molecule has 2 aliphatic rings. The van der Waals surface area contributed by atoms with Crippen LogP contribution in [0.2, 0.25) is 0 Å². The predicted octanol–water partition coefficient (Wildman–Crippen LogP) is 7.00. The zero-order chi connectivity index (χ0) is 34.0. The van der Waals surface area contributed by atoms with Crippen molar-refractivity contribution in [1.82, 2.24) is 10.0 Å². The highest BCUT2D eigenvalue weighted by Gasteiger charge is 2.46. The highest BCUT2D eigenvalue weighted by atomic mass is 32.2. The molecule has 5 rings (SSSR count). The van der Waals surface area contributed by atoms with Crippen LogP contribution in [0.3, 0.4) is 0 Å². The van der Waals surface area contributed by atoms with Crippen LogP contribution in [-0.4, -0.2) is 49.1 Å². The Hall–Kier alpha value is -4.00. The van der Waals surface area contributed by atoms with Crippen molar-refractivity contribution in [3.05, 3.63) is 107 Å². The van der Waals surface area contributed by atoms with E-state index in [4.69, 9.17) is 0 Å². The van der Waals surface area contributed by atoms with Crippen LogP contribution in [-0.2, 0) is 27.4 Å². The van der Waals surface area contributed by atoms with Gasteiger partial charge in [0.05, 0.1) is 35.1 Å². The van der Waals surface area contributed by atoms with Crippen LogP contribution in [0.25, 0.3) is 5.57 Å². The maximum atomic E-state index is 13.4. The van der Waals surface area contributed by atoms with E-state index in [1.54, 1.807) is 30.3 Å². The molecule has 2 amide bonds. The van der Waals surface area contributed by atoms with E-state index in [1.165, 1.54) is 0 Å². The van der Waals surface area contributed by atoms with Crippen LogP contribution < -0.4 is 10.0 Å². The predicted molar refractivity (Wildman–Crippen MR) is 172 cm³/mol. The molecule has 1 fully saturated rings. The molecule has 0 aromatic heterocycles. The van der Waals surface area contributed by atoms with Crippen molar-refractivity contribution in [3.8, 4) is 0 Å². The van der Waals surface area contributed by atoms with E-state index in [2.05, 4.69) is 16.6 Å². The molecular formula is C35H39F3N3O5S+. The molecule has 0 bridgehead atoms. The van der Waals surface area contributed by atoms with E-state index in [0.717, 1.165) is 66.1 Å². The Labute approximate surface area is 272 Å². The van der Waals surface area contributed by atoms with Crippen LogP contribution in [0.4, 0.5) is 18.0 Å². The van der Waals surface area contributed by atoms with Crippen LogP contribution in [0.15, 0.2) is 84.3 Å². The number of aryl methyl sites for hydroxylation is 1. The number of alkyl halides is 3. The lowest BCUT2D eigenvalue weighted by Gasteiger charge is -2.33. The second-order valence-electron chi connectivity index (χ2n) is 12.5. The second kappa shape index (κ2) is 13.6. The van der Waals surface area contributed by atoms with Crippen molar-refractivity contribution in [2.45, 2.75) is 74.6 Å². The lowest BCUT2D eigenvalue weighted by Crippen LogP contribution is -2.55. The van der Waals surface area contributed by atoms with E-state index >= 15 is 0 Å². The van der Waals surface area contributed by atoms with Crippen LogP contribution in [0.5, 0.6) is 0 Å². The number of halogens is 3. The SMILES string of the molecule is C=C(C[N+]1(C(=O)O)CCC[C@H]1C)c1ccc2c(c1)CCC[C@H]2NC(=O)C[C@@H](NS(=O)(=O)c1cccc(C(F)(F)F)c1)c1ccccc1. The molecule has 8 nitrogen and oxygen atoms in total. The normalized spacial score (nSPS) is 21.9. The Balaban J connectivity index is 1.32. The summed E-state index contributed by atoms with van der Waals surface area (Å²) in [6, 6.07) is 16.4. The molecule has 0 radical (unpaired) electrons. The lowest BCUT2D eigenvalue weighted by molar-refractivity contribution is -0.859. The summed E-state index contributed by atoms with van der Waals surface area (Å²) in [5.41, 5.74) is 2.96. The van der Waals surface area contributed by atoms with Gasteiger partial charge in [-0.25, -0.2) is 17.6 Å². The second-order valence-corrected chi connectivity index (χ2v) is 14.2. The summed E-state index contributed by atoms with van der Waals surface area (Å²) in [6.07, 6.45) is -1.90. The third-order valence-electron chi connectivity index (χ3n) is 9.44. The van der Waals surface area contributed by atoms with Crippen molar-refractivity contribution in [2.75, 3.05) is 13.1 Å². The fourth-order valence-corrected chi connectivity index (χ4v) is 8.06. The molecule has 12 heteroatoms. The number of sulfonamides is 1. The largest absolute Gasteiger partial charge is 0.514 e. The fourth-order valence-electron chi connectivity index (χ4n) is 6.79. The van der Waals surface area contributed by atoms with E-state index in [-0.39, 0.29) is 23.0 Å². The number of carboxylic acid groups (broad SMARTS) is 1. The molecule has 0 spiro atoms. The molecule has 1 unspecified atom stereocenters. The van der Waals surface area contributed by atoms with Gasteiger partial charge in [0.2, 0.25) is 15.9 Å². The van der Waals surface area contributed by atoms with E-state index in [9.17, 15) is 36.3 Å². The number of amides is 2. The van der Waals surface area contributed by atoms with E-state index in [1.807, 2.05) is 25.1 Å². The third-order valence-corrected chi connectivity index (χ3v) is 10.9. The minimum atomic E-state index is -4.72. The van der Waals surface area contributed by atoms with Gasteiger partial charge in [-0.05, 0) is 66.6 Å². The van der Waals surface area contributed by atoms with E-state index < -0.39 is 44.7 Å². The van der Waals surface area contributed by atoms with Gasteiger partial charge in [-0.1, -0.05) is 61.2 Å². The molecule has 1 heterocycles. The Morgan fingerprint density at radius 1 is 1.02 bits per heavy atom. The van der Waals surface area contributed by atoms with Gasteiger partial charge >= 0.3 is 12.3 Å². The first-order valence-corrected chi connectivity index (χ1v) is 17.1. The van der Waals surface area contributed by atoms with Crippen molar-refractivity contribution >= 4 is 27.6 Å². The molecule has 250 valence electrons. The molecule has 3 N–H and O–H groups in total. The Morgan fingerprint density at radius 3 is 2.43 bits per heavy atom. The summed E-state index contributed by atoms with van der Waals surface area (Å²) in [6.45, 7) is 7.08. The van der Waals surface area contributed by atoms with Gasteiger partial charge in [-0.15, -0.1) is 0 Å². The number of quaternary nitrogens is 1. The standard InChI is InChI=1S/C35H38F3N3O5S/c1-23(22-41(34(43)44)18-8-9-24(41)2)26-16-17-30-27(19-26)12-6-15-31(30)39-33(42)21-32(25-10-4-3-5-11-25)40-47(45,46)29-14-7-13-28(20-29)35(36,37)38/h3-5,7,10-11,13-14,16-17,19-20,24,31-32,40H,1,6,8-9,12,15,18,21-22H2,2H3,(H-,39,42,43,44)/p+1/t24-,31-,32-,41?/m1/s1. The van der Waals surface area contributed by atoms with Gasteiger partial charge in [0.15, 0.2) is 0 Å². The first kappa shape index (κ1) is 34.3. The minimum absolute atomic E-state index is 0.00397. The summed E-state index contributed by atoms with van der Waals surface area (Å²) in [7, 11) is -4.43. The Morgan fingerprint density at radius 2 is 1.77 bits per heavy atom. The molecule has 4 atom stereocenters. The average Bonchev–Trinajstić information content (AvgIpc) is 3.41. The molecule has 0 saturated carbocycles. The first-order valence-electron chi connectivity index (χ1n) is 15.6. The van der Waals surface area contributed by atoms with Crippen molar-refractivity contribution < 1.29 is 40.8 Å². The smallest absolute Gasteiger partial charge is 0.435 e. The lowest BCUT2D eigenvalue weighted by atomic mass is 9.85. The number of likely N-dealkylation sites (tertiary alicyclic amines) is 1. The van der Waals surface area contributed by atoms with Crippen LogP contribution in [0, 0.1) is 0 Å². The molecule has 1 aliphatic carbocycles. The Bertz CT molecular complexity index is 1760. The summed E-state index contributed by atoms with van der Waals surface area (Å²) in [5, 5.41) is 13.1. The van der Waals surface area contributed by atoms with Crippen molar-refractivity contribution in [3.63, 3.8) is 0 Å². The summed E-state index contributed by atoms with van der Waals surface area (Å²) >= 11 is 0. The zero-order valence-electron chi connectivity index (χ0n) is 26.1. The summed E-state index contributed by atoms with van der Waals surface area (Å²) in [4.78, 5) is 25.1. The maximum absolute atomic E-state index is 13.4. The Kier molecular flexibility index (Phi) is 9.95. The monoisotopic (exact) mass is 670 g/mol. The molecule has 47 heavy (non-hydrogen) atoms. The molecule has 3 aromatic rings. The number of nitrogens with zero attached hydrogens (tertiary/aromatic N) is 1. The highest BCUT2D eigenvalue weighted by Crippen LogP contribution is 2.35. The van der Waals surface area contributed by atoms with Gasteiger partial charge in [0.25, 0.3) is 0 Å². The van der Waals surface area contributed by atoms with Gasteiger partial charge in [-0.2, -0.15) is 18.0 Å². The number of rotatable bonds is 10.